The Hall–Kier alpha value is -3.44. The lowest BCUT2D eigenvalue weighted by molar-refractivity contribution is 0.130. The molecule has 0 aliphatic heterocycles. The first-order valence-electron chi connectivity index (χ1n) is 9.05. The standard InChI is InChI=1S/C21H22N2O5/c24-17-22-15-9-1-2-10-16-23(20(25)27-18-11-5-3-6-12-18)21(26)28-19-13-7-4-8-14-19/h3-8,11-14H,1-2,9-10,15-16H2. The van der Waals surface area contributed by atoms with Gasteiger partial charge in [0.05, 0.1) is 6.54 Å². The zero-order valence-corrected chi connectivity index (χ0v) is 15.5. The first-order chi connectivity index (χ1) is 13.7. The topological polar surface area (TPSA) is 85.3 Å². The Morgan fingerprint density at radius 3 is 1.79 bits per heavy atom. The van der Waals surface area contributed by atoms with E-state index in [1.165, 1.54) is 6.08 Å². The average molecular weight is 382 g/mol. The molecule has 0 unspecified atom stereocenters. The number of amides is 2. The number of benzene rings is 2. The number of ether oxygens (including phenoxy) is 2. The molecular formula is C21H22N2O5. The van der Waals surface area contributed by atoms with Crippen molar-refractivity contribution in [2.24, 2.45) is 4.99 Å². The second-order valence-corrected chi connectivity index (χ2v) is 5.90. The zero-order valence-electron chi connectivity index (χ0n) is 15.5. The van der Waals surface area contributed by atoms with Gasteiger partial charge in [-0.25, -0.2) is 24.3 Å². The van der Waals surface area contributed by atoms with Gasteiger partial charge in [0, 0.05) is 6.54 Å². The molecule has 0 bridgehead atoms. The molecule has 0 aliphatic rings. The highest BCUT2D eigenvalue weighted by molar-refractivity contribution is 5.89. The fourth-order valence-corrected chi connectivity index (χ4v) is 2.41. The molecule has 0 saturated heterocycles. The molecule has 0 N–H and O–H groups in total. The number of para-hydroxylation sites is 2. The summed E-state index contributed by atoms with van der Waals surface area (Å²) in [6, 6.07) is 17.1. The van der Waals surface area contributed by atoms with Crippen LogP contribution >= 0.6 is 0 Å². The third-order valence-electron chi connectivity index (χ3n) is 3.80. The molecule has 7 nitrogen and oxygen atoms in total. The van der Waals surface area contributed by atoms with Gasteiger partial charge >= 0.3 is 12.2 Å². The Labute approximate surface area is 163 Å². The molecule has 7 heteroatoms. The lowest BCUT2D eigenvalue weighted by Crippen LogP contribution is -2.41. The molecule has 0 fully saturated rings. The van der Waals surface area contributed by atoms with Crippen LogP contribution in [0.15, 0.2) is 65.7 Å². The molecule has 2 aromatic carbocycles. The van der Waals surface area contributed by atoms with Gasteiger partial charge in [0.1, 0.15) is 11.5 Å². The zero-order chi connectivity index (χ0) is 20.0. The van der Waals surface area contributed by atoms with Crippen molar-refractivity contribution >= 4 is 18.3 Å². The van der Waals surface area contributed by atoms with Crippen LogP contribution in [-0.2, 0) is 4.79 Å². The SMILES string of the molecule is O=C=NCCCCCCN(C(=O)Oc1ccccc1)C(=O)Oc1ccccc1. The smallest absolute Gasteiger partial charge is 0.410 e. The number of aliphatic imine (C=N–C) groups is 1. The van der Waals surface area contributed by atoms with Crippen LogP contribution in [0.3, 0.4) is 0 Å². The number of unbranched alkanes of at least 4 members (excludes halogenated alkanes) is 3. The molecule has 0 spiro atoms. The number of hydrogen-bond donors (Lipinski definition) is 0. The summed E-state index contributed by atoms with van der Waals surface area (Å²) in [4.78, 5) is 39.5. The monoisotopic (exact) mass is 382 g/mol. The van der Waals surface area contributed by atoms with E-state index in [0.29, 0.717) is 24.5 Å². The van der Waals surface area contributed by atoms with Crippen molar-refractivity contribution in [1.29, 1.82) is 0 Å². The minimum atomic E-state index is -0.794. The number of isocyanates is 1. The average Bonchev–Trinajstić information content (AvgIpc) is 2.71. The van der Waals surface area contributed by atoms with E-state index in [2.05, 4.69) is 4.99 Å². The number of rotatable bonds is 9. The maximum absolute atomic E-state index is 12.5. The Morgan fingerprint density at radius 2 is 1.29 bits per heavy atom. The van der Waals surface area contributed by atoms with Gasteiger partial charge < -0.3 is 9.47 Å². The van der Waals surface area contributed by atoms with E-state index in [1.807, 2.05) is 0 Å². The molecule has 0 radical (unpaired) electrons. The van der Waals surface area contributed by atoms with E-state index < -0.39 is 12.2 Å². The number of hydrogen-bond acceptors (Lipinski definition) is 6. The van der Waals surface area contributed by atoms with Gasteiger partial charge in [0.15, 0.2) is 0 Å². The molecule has 28 heavy (non-hydrogen) atoms. The molecule has 2 amide bonds. The predicted octanol–water partition coefficient (Wildman–Crippen LogP) is 4.58. The summed E-state index contributed by atoms with van der Waals surface area (Å²) >= 11 is 0. The van der Waals surface area contributed by atoms with Crippen molar-refractivity contribution in [1.82, 2.24) is 4.90 Å². The number of imide groups is 1. The molecule has 0 atom stereocenters. The fraction of sp³-hybridized carbons (Fsp3) is 0.286. The van der Waals surface area contributed by atoms with E-state index in [0.717, 1.165) is 24.2 Å². The lowest BCUT2D eigenvalue weighted by Gasteiger charge is -2.19. The van der Waals surface area contributed by atoms with Gasteiger partial charge in [-0.3, -0.25) is 0 Å². The van der Waals surface area contributed by atoms with Crippen molar-refractivity contribution in [3.05, 3.63) is 60.7 Å². The van der Waals surface area contributed by atoms with Crippen molar-refractivity contribution < 1.29 is 23.9 Å². The summed E-state index contributed by atoms with van der Waals surface area (Å²) in [6.07, 6.45) is 2.83. The quantitative estimate of drug-likeness (QED) is 0.360. The van der Waals surface area contributed by atoms with Crippen LogP contribution in [-0.4, -0.2) is 36.3 Å². The van der Waals surface area contributed by atoms with E-state index in [-0.39, 0.29) is 6.54 Å². The van der Waals surface area contributed by atoms with Gasteiger partial charge in [-0.1, -0.05) is 49.2 Å². The maximum Gasteiger partial charge on any atom is 0.424 e. The summed E-state index contributed by atoms with van der Waals surface area (Å²) in [6.45, 7) is 0.591. The third-order valence-corrected chi connectivity index (χ3v) is 3.80. The van der Waals surface area contributed by atoms with Gasteiger partial charge in [0.2, 0.25) is 6.08 Å². The van der Waals surface area contributed by atoms with Crippen LogP contribution in [0.25, 0.3) is 0 Å². The van der Waals surface area contributed by atoms with Gasteiger partial charge in [-0.2, -0.15) is 0 Å². The van der Waals surface area contributed by atoms with Gasteiger partial charge in [-0.15, -0.1) is 0 Å². The molecular weight excluding hydrogens is 360 g/mol. The second kappa shape index (κ2) is 12.0. The van der Waals surface area contributed by atoms with E-state index in [9.17, 15) is 14.4 Å². The van der Waals surface area contributed by atoms with Crippen LogP contribution in [0, 0.1) is 0 Å². The Kier molecular flexibility index (Phi) is 8.97. The molecule has 2 aromatic rings. The van der Waals surface area contributed by atoms with Gasteiger partial charge in [0.25, 0.3) is 0 Å². The molecule has 2 rings (SSSR count). The Balaban J connectivity index is 1.94. The van der Waals surface area contributed by atoms with Crippen LogP contribution in [0.5, 0.6) is 11.5 Å². The molecule has 146 valence electrons. The van der Waals surface area contributed by atoms with Crippen LogP contribution in [0.2, 0.25) is 0 Å². The normalized spacial score (nSPS) is 9.86. The number of carbonyl (C=O) groups excluding carboxylic acids is 3. The largest absolute Gasteiger partial charge is 0.424 e. The first-order valence-corrected chi connectivity index (χ1v) is 9.05. The molecule has 0 aliphatic carbocycles. The van der Waals surface area contributed by atoms with Gasteiger partial charge in [-0.05, 0) is 37.1 Å². The highest BCUT2D eigenvalue weighted by Crippen LogP contribution is 2.14. The number of nitrogens with zero attached hydrogens (tertiary/aromatic N) is 2. The highest BCUT2D eigenvalue weighted by atomic mass is 16.6. The molecule has 0 saturated carbocycles. The summed E-state index contributed by atoms with van der Waals surface area (Å²) in [5, 5.41) is 0. The van der Waals surface area contributed by atoms with Crippen LogP contribution in [0.4, 0.5) is 9.59 Å². The fourth-order valence-electron chi connectivity index (χ4n) is 2.41. The van der Waals surface area contributed by atoms with Crippen molar-refractivity contribution in [3.63, 3.8) is 0 Å². The maximum atomic E-state index is 12.5. The predicted molar refractivity (Wildman–Crippen MR) is 103 cm³/mol. The third kappa shape index (κ3) is 7.43. The summed E-state index contributed by atoms with van der Waals surface area (Å²) in [5.41, 5.74) is 0. The summed E-state index contributed by atoms with van der Waals surface area (Å²) in [5.74, 6) is 0.688. The minimum absolute atomic E-state index is 0.161. The van der Waals surface area contributed by atoms with Crippen LogP contribution < -0.4 is 9.47 Å². The van der Waals surface area contributed by atoms with E-state index >= 15 is 0 Å². The van der Waals surface area contributed by atoms with Crippen LogP contribution in [0.1, 0.15) is 25.7 Å². The van der Waals surface area contributed by atoms with Crippen molar-refractivity contribution in [2.75, 3.05) is 13.1 Å². The summed E-state index contributed by atoms with van der Waals surface area (Å²) in [7, 11) is 0. The highest BCUT2D eigenvalue weighted by Gasteiger charge is 2.25. The minimum Gasteiger partial charge on any atom is -0.410 e. The van der Waals surface area contributed by atoms with Crippen molar-refractivity contribution in [3.8, 4) is 11.5 Å². The summed E-state index contributed by atoms with van der Waals surface area (Å²) < 4.78 is 10.5. The number of carbonyl (C=O) groups is 2. The van der Waals surface area contributed by atoms with E-state index in [1.54, 1.807) is 60.7 Å². The van der Waals surface area contributed by atoms with E-state index in [4.69, 9.17) is 9.47 Å². The Morgan fingerprint density at radius 1 is 0.786 bits per heavy atom. The lowest BCUT2D eigenvalue weighted by atomic mass is 10.2. The molecule has 0 aromatic heterocycles. The van der Waals surface area contributed by atoms with Crippen molar-refractivity contribution in [2.45, 2.75) is 25.7 Å². The Bertz CT molecular complexity index is 735. The molecule has 0 heterocycles. The second-order valence-electron chi connectivity index (χ2n) is 5.90. The first kappa shape index (κ1) is 20.9.